The smallest absolute Gasteiger partial charge is 0.341 e. The first-order valence-electron chi connectivity index (χ1n) is 6.51. The van der Waals surface area contributed by atoms with E-state index in [1.807, 2.05) is 16.7 Å². The van der Waals surface area contributed by atoms with Crippen LogP contribution in [0.2, 0.25) is 0 Å². The fraction of sp³-hybridized carbons (Fsp3) is 0.0667. The standard InChI is InChI=1S/C15H10N4O3S.ClH/c1-9-10(6-11(15(21)22)14(20)19(9)7-16)12-2-3-13(23-12)18-5-4-17-8-18;/h2-6,8H,1H3,(H,21,22);1H. The Morgan fingerprint density at radius 3 is 2.75 bits per heavy atom. The number of halogens is 1. The van der Waals surface area contributed by atoms with Gasteiger partial charge in [-0.25, -0.2) is 14.3 Å². The second-order valence-corrected chi connectivity index (χ2v) is 5.77. The van der Waals surface area contributed by atoms with E-state index in [4.69, 9.17) is 5.26 Å². The monoisotopic (exact) mass is 362 g/mol. The lowest BCUT2D eigenvalue weighted by atomic mass is 10.1. The molecule has 0 amide bonds. The highest BCUT2D eigenvalue weighted by molar-refractivity contribution is 7.17. The van der Waals surface area contributed by atoms with E-state index < -0.39 is 17.1 Å². The molecule has 0 saturated heterocycles. The van der Waals surface area contributed by atoms with Gasteiger partial charge in [0.1, 0.15) is 10.6 Å². The number of pyridine rings is 1. The molecule has 3 aromatic rings. The maximum absolute atomic E-state index is 12.0. The predicted molar refractivity (Wildman–Crippen MR) is 91.1 cm³/mol. The maximum atomic E-state index is 12.0. The van der Waals surface area contributed by atoms with Crippen LogP contribution in [0.1, 0.15) is 16.1 Å². The van der Waals surface area contributed by atoms with E-state index in [9.17, 15) is 14.7 Å². The van der Waals surface area contributed by atoms with E-state index in [1.165, 1.54) is 17.4 Å². The maximum Gasteiger partial charge on any atom is 0.341 e. The van der Waals surface area contributed by atoms with Crippen LogP contribution < -0.4 is 5.56 Å². The van der Waals surface area contributed by atoms with Crippen molar-refractivity contribution in [1.29, 1.82) is 5.26 Å². The van der Waals surface area contributed by atoms with Gasteiger partial charge in [0.2, 0.25) is 0 Å². The number of carbonyl (C=O) groups is 1. The van der Waals surface area contributed by atoms with E-state index in [1.54, 1.807) is 31.8 Å². The van der Waals surface area contributed by atoms with Crippen molar-refractivity contribution in [1.82, 2.24) is 14.1 Å². The SMILES string of the molecule is Cc1c(-c2ccc(-n3ccnc3)s2)cc(C(=O)O)c(=O)n1C#N.Cl. The van der Waals surface area contributed by atoms with Gasteiger partial charge in [-0.15, -0.1) is 23.7 Å². The average molecular weight is 363 g/mol. The first-order valence-corrected chi connectivity index (χ1v) is 7.33. The largest absolute Gasteiger partial charge is 0.477 e. The number of hydrogen-bond acceptors (Lipinski definition) is 5. The van der Waals surface area contributed by atoms with E-state index in [0.717, 1.165) is 14.4 Å². The predicted octanol–water partition coefficient (Wildman–Crippen LogP) is 2.52. The number of aromatic carboxylic acids is 1. The number of thiophene rings is 1. The molecule has 1 N–H and O–H groups in total. The van der Waals surface area contributed by atoms with Gasteiger partial charge in [0.15, 0.2) is 6.19 Å². The molecule has 9 heteroatoms. The number of carboxylic acids is 1. The van der Waals surface area contributed by atoms with Crippen molar-refractivity contribution in [2.45, 2.75) is 6.92 Å². The summed E-state index contributed by atoms with van der Waals surface area (Å²) >= 11 is 1.41. The molecule has 24 heavy (non-hydrogen) atoms. The molecule has 0 fully saturated rings. The summed E-state index contributed by atoms with van der Waals surface area (Å²) in [6.45, 7) is 1.61. The Balaban J connectivity index is 0.00000208. The fourth-order valence-corrected chi connectivity index (χ4v) is 3.25. The van der Waals surface area contributed by atoms with Crippen molar-refractivity contribution in [3.8, 4) is 21.6 Å². The summed E-state index contributed by atoms with van der Waals surface area (Å²) in [6.07, 6.45) is 6.84. The highest BCUT2D eigenvalue weighted by Crippen LogP contribution is 2.32. The van der Waals surface area contributed by atoms with Crippen LogP contribution in [-0.4, -0.2) is 25.2 Å². The van der Waals surface area contributed by atoms with Crippen LogP contribution in [0.25, 0.3) is 15.4 Å². The molecule has 0 bridgehead atoms. The summed E-state index contributed by atoms with van der Waals surface area (Å²) in [7, 11) is 0. The second-order valence-electron chi connectivity index (χ2n) is 4.71. The van der Waals surface area contributed by atoms with Crippen molar-refractivity contribution < 1.29 is 9.90 Å². The fourth-order valence-electron chi connectivity index (χ4n) is 2.23. The van der Waals surface area contributed by atoms with Crippen LogP contribution in [0.5, 0.6) is 0 Å². The summed E-state index contributed by atoms with van der Waals surface area (Å²) in [4.78, 5) is 28.0. The van der Waals surface area contributed by atoms with Crippen LogP contribution >= 0.6 is 23.7 Å². The molecule has 0 radical (unpaired) electrons. The minimum atomic E-state index is -1.35. The zero-order valence-corrected chi connectivity index (χ0v) is 14.0. The molecule has 0 aromatic carbocycles. The Kier molecular flexibility index (Phi) is 4.87. The topological polar surface area (TPSA) is 101 Å². The summed E-state index contributed by atoms with van der Waals surface area (Å²) in [5, 5.41) is 19.2. The van der Waals surface area contributed by atoms with Gasteiger partial charge in [-0.2, -0.15) is 5.26 Å². The molecule has 0 aliphatic rings. The number of nitrogens with zero attached hydrogens (tertiary/aromatic N) is 4. The lowest BCUT2D eigenvalue weighted by molar-refractivity contribution is 0.0694. The molecule has 0 atom stereocenters. The minimum Gasteiger partial charge on any atom is -0.477 e. The lowest BCUT2D eigenvalue weighted by Crippen LogP contribution is -2.26. The summed E-state index contributed by atoms with van der Waals surface area (Å²) < 4.78 is 2.62. The van der Waals surface area contributed by atoms with Crippen molar-refractivity contribution in [3.63, 3.8) is 0 Å². The molecule has 3 rings (SSSR count). The van der Waals surface area contributed by atoms with Crippen molar-refractivity contribution in [3.05, 3.63) is 58.5 Å². The highest BCUT2D eigenvalue weighted by atomic mass is 35.5. The molecule has 7 nitrogen and oxygen atoms in total. The number of aromatic nitrogens is 3. The second kappa shape index (κ2) is 6.70. The molecule has 0 spiro atoms. The normalized spacial score (nSPS) is 10.0. The molecule has 3 heterocycles. The van der Waals surface area contributed by atoms with E-state index in [-0.39, 0.29) is 12.4 Å². The molecule has 0 aliphatic heterocycles. The number of nitriles is 1. The Bertz CT molecular complexity index is 999. The molecule has 0 unspecified atom stereocenters. The van der Waals surface area contributed by atoms with Gasteiger partial charge in [0, 0.05) is 28.5 Å². The summed E-state index contributed by atoms with van der Waals surface area (Å²) in [5.74, 6) is -1.35. The zero-order chi connectivity index (χ0) is 16.6. The Labute approximate surface area is 146 Å². The van der Waals surface area contributed by atoms with Crippen LogP contribution in [0.4, 0.5) is 0 Å². The first kappa shape index (κ1) is 17.5. The highest BCUT2D eigenvalue weighted by Gasteiger charge is 2.18. The van der Waals surface area contributed by atoms with Gasteiger partial charge in [-0.1, -0.05) is 0 Å². The van der Waals surface area contributed by atoms with E-state index in [2.05, 4.69) is 4.98 Å². The van der Waals surface area contributed by atoms with E-state index in [0.29, 0.717) is 11.3 Å². The lowest BCUT2D eigenvalue weighted by Gasteiger charge is -2.08. The van der Waals surface area contributed by atoms with Gasteiger partial charge in [-0.3, -0.25) is 9.36 Å². The molecule has 3 aromatic heterocycles. The van der Waals surface area contributed by atoms with Crippen LogP contribution in [0.3, 0.4) is 0 Å². The van der Waals surface area contributed by atoms with Crippen LogP contribution in [-0.2, 0) is 0 Å². The number of carboxylic acid groups (broad SMARTS) is 1. The molecular weight excluding hydrogens is 352 g/mol. The number of imidazole rings is 1. The van der Waals surface area contributed by atoms with Gasteiger partial charge in [0.05, 0.1) is 6.33 Å². The third-order valence-corrected chi connectivity index (χ3v) is 4.53. The van der Waals surface area contributed by atoms with Gasteiger partial charge in [-0.05, 0) is 25.1 Å². The van der Waals surface area contributed by atoms with Crippen molar-refractivity contribution in [2.24, 2.45) is 0 Å². The molecule has 0 aliphatic carbocycles. The van der Waals surface area contributed by atoms with Crippen LogP contribution in [0, 0.1) is 18.4 Å². The average Bonchev–Trinajstić information content (AvgIpc) is 3.18. The third kappa shape index (κ3) is 2.82. The first-order chi connectivity index (χ1) is 11.0. The minimum absolute atomic E-state index is 0. The Morgan fingerprint density at radius 1 is 1.42 bits per heavy atom. The number of rotatable bonds is 3. The summed E-state index contributed by atoms with van der Waals surface area (Å²) in [6, 6.07) is 5.00. The van der Waals surface area contributed by atoms with Crippen molar-refractivity contribution in [2.75, 3.05) is 0 Å². The number of hydrogen-bond donors (Lipinski definition) is 1. The zero-order valence-electron chi connectivity index (χ0n) is 12.3. The van der Waals surface area contributed by atoms with Crippen LogP contribution in [0.15, 0.2) is 41.7 Å². The molecular formula is C15H11ClN4O3S. The molecule has 122 valence electrons. The van der Waals surface area contributed by atoms with Crippen molar-refractivity contribution >= 4 is 29.7 Å². The quantitative estimate of drug-likeness (QED) is 0.771. The van der Waals surface area contributed by atoms with Gasteiger partial charge < -0.3 is 5.11 Å². The third-order valence-electron chi connectivity index (χ3n) is 3.39. The van der Waals surface area contributed by atoms with Gasteiger partial charge in [0.25, 0.3) is 5.56 Å². The summed E-state index contributed by atoms with van der Waals surface area (Å²) in [5.41, 5.74) is -0.307. The Hall–Kier alpha value is -2.89. The Morgan fingerprint density at radius 2 is 2.17 bits per heavy atom. The van der Waals surface area contributed by atoms with Gasteiger partial charge >= 0.3 is 5.97 Å². The molecule has 0 saturated carbocycles. The van der Waals surface area contributed by atoms with E-state index >= 15 is 0 Å².